The number of nitriles is 1. The molecule has 0 radical (unpaired) electrons. The molecule has 2 aromatic heterocycles. The molecule has 0 unspecified atom stereocenters. The first kappa shape index (κ1) is 5.93. The summed E-state index contributed by atoms with van der Waals surface area (Å²) in [6.45, 7) is 0. The highest BCUT2D eigenvalue weighted by Gasteiger charge is 1.98. The Morgan fingerprint density at radius 3 is 3.18 bits per heavy atom. The summed E-state index contributed by atoms with van der Waals surface area (Å²) in [6.07, 6.45) is 5.07. The Morgan fingerprint density at radius 2 is 2.36 bits per heavy atom. The first-order valence-electron chi connectivity index (χ1n) is 3.23. The van der Waals surface area contributed by atoms with Crippen molar-refractivity contribution in [3.05, 3.63) is 30.2 Å². The van der Waals surface area contributed by atoms with Crippen LogP contribution in [0.15, 0.2) is 24.7 Å². The van der Waals surface area contributed by atoms with Crippen molar-refractivity contribution in [2.75, 3.05) is 0 Å². The minimum atomic E-state index is 0.615. The van der Waals surface area contributed by atoms with Crippen LogP contribution in [0, 0.1) is 11.3 Å². The largest absolute Gasteiger partial charge is 0.360 e. The number of nitrogens with one attached hydrogen (secondary N) is 1. The van der Waals surface area contributed by atoms with Crippen LogP contribution in [0.1, 0.15) is 5.56 Å². The van der Waals surface area contributed by atoms with Crippen LogP contribution in [-0.4, -0.2) is 9.97 Å². The van der Waals surface area contributed by atoms with Gasteiger partial charge in [-0.15, -0.1) is 0 Å². The zero-order chi connectivity index (χ0) is 7.68. The highest BCUT2D eigenvalue weighted by molar-refractivity contribution is 5.84. The van der Waals surface area contributed by atoms with E-state index in [9.17, 15) is 0 Å². The number of aromatic nitrogens is 2. The van der Waals surface area contributed by atoms with Gasteiger partial charge < -0.3 is 4.98 Å². The van der Waals surface area contributed by atoms with Crippen molar-refractivity contribution in [1.82, 2.24) is 9.97 Å². The minimum Gasteiger partial charge on any atom is -0.360 e. The molecule has 11 heavy (non-hydrogen) atoms. The molecule has 3 heteroatoms. The molecule has 0 aliphatic rings. The third-order valence-electron chi connectivity index (χ3n) is 1.60. The van der Waals surface area contributed by atoms with Gasteiger partial charge in [0.2, 0.25) is 0 Å². The molecule has 3 nitrogen and oxygen atoms in total. The van der Waals surface area contributed by atoms with E-state index in [1.807, 2.05) is 6.07 Å². The Bertz CT molecular complexity index is 422. The molecule has 1 N–H and O–H groups in total. The van der Waals surface area contributed by atoms with Crippen molar-refractivity contribution < 1.29 is 0 Å². The summed E-state index contributed by atoms with van der Waals surface area (Å²) in [5, 5.41) is 9.58. The number of hydrogen-bond acceptors (Lipinski definition) is 2. The first-order chi connectivity index (χ1) is 5.42. The number of hydrogen-bond donors (Lipinski definition) is 1. The molecule has 0 aliphatic carbocycles. The van der Waals surface area contributed by atoms with Gasteiger partial charge in [0.1, 0.15) is 6.07 Å². The van der Waals surface area contributed by atoms with E-state index in [0.717, 1.165) is 10.9 Å². The molecule has 0 saturated heterocycles. The Hall–Kier alpha value is -1.82. The SMILES string of the molecule is N#Cc1cncc2[nH]ccc12. The van der Waals surface area contributed by atoms with E-state index in [1.54, 1.807) is 18.6 Å². The zero-order valence-corrected chi connectivity index (χ0v) is 5.70. The first-order valence-corrected chi connectivity index (χ1v) is 3.23. The van der Waals surface area contributed by atoms with E-state index in [-0.39, 0.29) is 0 Å². The van der Waals surface area contributed by atoms with Crippen molar-refractivity contribution in [2.45, 2.75) is 0 Å². The highest BCUT2D eigenvalue weighted by Crippen LogP contribution is 2.13. The number of nitrogens with zero attached hydrogens (tertiary/aromatic N) is 2. The average Bonchev–Trinajstić information content (AvgIpc) is 2.50. The van der Waals surface area contributed by atoms with Crippen LogP contribution in [0.4, 0.5) is 0 Å². The second-order valence-corrected chi connectivity index (χ2v) is 2.24. The van der Waals surface area contributed by atoms with Crippen LogP contribution < -0.4 is 0 Å². The molecular weight excluding hydrogens is 138 g/mol. The molecule has 0 aromatic carbocycles. The number of rotatable bonds is 0. The minimum absolute atomic E-state index is 0.615. The monoisotopic (exact) mass is 143 g/mol. The lowest BCUT2D eigenvalue weighted by atomic mass is 10.2. The third kappa shape index (κ3) is 0.767. The molecule has 2 aromatic rings. The van der Waals surface area contributed by atoms with E-state index in [0.29, 0.717) is 5.56 Å². The Kier molecular flexibility index (Phi) is 1.13. The summed E-state index contributed by atoms with van der Waals surface area (Å²) >= 11 is 0. The van der Waals surface area contributed by atoms with Crippen molar-refractivity contribution in [1.29, 1.82) is 5.26 Å². The summed E-state index contributed by atoms with van der Waals surface area (Å²) < 4.78 is 0. The molecule has 52 valence electrons. The van der Waals surface area contributed by atoms with Gasteiger partial charge in [-0.2, -0.15) is 5.26 Å². The zero-order valence-electron chi connectivity index (χ0n) is 5.70. The van der Waals surface area contributed by atoms with Gasteiger partial charge in [-0.1, -0.05) is 0 Å². The molecule has 2 rings (SSSR count). The van der Waals surface area contributed by atoms with Gasteiger partial charge in [0.15, 0.2) is 0 Å². The van der Waals surface area contributed by atoms with Crippen LogP contribution >= 0.6 is 0 Å². The number of pyridine rings is 1. The van der Waals surface area contributed by atoms with Gasteiger partial charge in [-0.05, 0) is 6.07 Å². The quantitative estimate of drug-likeness (QED) is 0.606. The number of fused-ring (bicyclic) bond motifs is 1. The molecular formula is C8H5N3. The molecule has 0 bridgehead atoms. The van der Waals surface area contributed by atoms with Crippen LogP contribution in [0.3, 0.4) is 0 Å². The maximum Gasteiger partial charge on any atom is 0.101 e. The summed E-state index contributed by atoms with van der Waals surface area (Å²) in [4.78, 5) is 6.88. The lowest BCUT2D eigenvalue weighted by Crippen LogP contribution is -1.78. The van der Waals surface area contributed by atoms with E-state index in [1.165, 1.54) is 0 Å². The van der Waals surface area contributed by atoms with E-state index < -0.39 is 0 Å². The molecule has 0 spiro atoms. The van der Waals surface area contributed by atoms with Crippen LogP contribution in [0.25, 0.3) is 10.9 Å². The predicted octanol–water partition coefficient (Wildman–Crippen LogP) is 1.43. The smallest absolute Gasteiger partial charge is 0.101 e. The van der Waals surface area contributed by atoms with E-state index in [4.69, 9.17) is 5.26 Å². The van der Waals surface area contributed by atoms with Crippen molar-refractivity contribution in [3.63, 3.8) is 0 Å². The van der Waals surface area contributed by atoms with Crippen LogP contribution in [0.2, 0.25) is 0 Å². The second kappa shape index (κ2) is 2.10. The maximum atomic E-state index is 8.65. The number of aromatic amines is 1. The fraction of sp³-hybridized carbons (Fsp3) is 0. The molecule has 0 saturated carbocycles. The fourth-order valence-electron chi connectivity index (χ4n) is 1.07. The number of H-pyrrole nitrogens is 1. The lowest BCUT2D eigenvalue weighted by molar-refractivity contribution is 1.32. The molecule has 0 amide bonds. The van der Waals surface area contributed by atoms with Gasteiger partial charge in [0, 0.05) is 17.8 Å². The van der Waals surface area contributed by atoms with E-state index >= 15 is 0 Å². The Morgan fingerprint density at radius 1 is 1.45 bits per heavy atom. The van der Waals surface area contributed by atoms with Crippen molar-refractivity contribution >= 4 is 10.9 Å². The van der Waals surface area contributed by atoms with Crippen molar-refractivity contribution in [3.8, 4) is 6.07 Å². The third-order valence-corrected chi connectivity index (χ3v) is 1.60. The molecule has 0 aliphatic heterocycles. The van der Waals surface area contributed by atoms with Crippen LogP contribution in [0.5, 0.6) is 0 Å². The van der Waals surface area contributed by atoms with Gasteiger partial charge in [-0.25, -0.2) is 0 Å². The summed E-state index contributed by atoms with van der Waals surface area (Å²) in [7, 11) is 0. The van der Waals surface area contributed by atoms with E-state index in [2.05, 4.69) is 16.0 Å². The normalized spacial score (nSPS) is 9.73. The average molecular weight is 143 g/mol. The molecule has 0 fully saturated rings. The van der Waals surface area contributed by atoms with Gasteiger partial charge in [-0.3, -0.25) is 4.98 Å². The molecule has 0 atom stereocenters. The van der Waals surface area contributed by atoms with Gasteiger partial charge in [0.25, 0.3) is 0 Å². The highest BCUT2D eigenvalue weighted by atomic mass is 14.7. The fourth-order valence-corrected chi connectivity index (χ4v) is 1.07. The van der Waals surface area contributed by atoms with Gasteiger partial charge in [0.05, 0.1) is 17.3 Å². The van der Waals surface area contributed by atoms with Crippen LogP contribution in [-0.2, 0) is 0 Å². The lowest BCUT2D eigenvalue weighted by Gasteiger charge is -1.89. The van der Waals surface area contributed by atoms with Crippen molar-refractivity contribution in [2.24, 2.45) is 0 Å². The second-order valence-electron chi connectivity index (χ2n) is 2.24. The summed E-state index contributed by atoms with van der Waals surface area (Å²) in [5.74, 6) is 0. The summed E-state index contributed by atoms with van der Waals surface area (Å²) in [5.41, 5.74) is 1.52. The predicted molar refractivity (Wildman–Crippen MR) is 40.8 cm³/mol. The standard InChI is InChI=1S/C8H5N3/c9-3-6-4-10-5-8-7(6)1-2-11-8/h1-2,4-5,11H. The summed E-state index contributed by atoms with van der Waals surface area (Å²) in [6, 6.07) is 3.94. The maximum absolute atomic E-state index is 8.65. The topological polar surface area (TPSA) is 52.5 Å². The Labute approximate surface area is 63.3 Å². The Balaban J connectivity index is 2.92. The molecule has 2 heterocycles. The van der Waals surface area contributed by atoms with Gasteiger partial charge >= 0.3 is 0 Å².